The summed E-state index contributed by atoms with van der Waals surface area (Å²) >= 11 is 1.52. The summed E-state index contributed by atoms with van der Waals surface area (Å²) < 4.78 is 27.3. The van der Waals surface area contributed by atoms with Crippen LogP contribution in [-0.2, 0) is 10.0 Å². The monoisotopic (exact) mass is 328 g/mol. The van der Waals surface area contributed by atoms with Gasteiger partial charge in [0.15, 0.2) is 0 Å². The fraction of sp³-hybridized carbons (Fsp3) is 0.600. The van der Waals surface area contributed by atoms with E-state index in [2.05, 4.69) is 4.72 Å². The van der Waals surface area contributed by atoms with Crippen molar-refractivity contribution >= 4 is 27.5 Å². The molecule has 21 heavy (non-hydrogen) atoms. The molecular weight excluding hydrogens is 304 g/mol. The third-order valence-electron chi connectivity index (χ3n) is 3.84. The molecule has 0 unspecified atom stereocenters. The van der Waals surface area contributed by atoms with Crippen LogP contribution in [0.3, 0.4) is 0 Å². The molecule has 2 rings (SSSR count). The van der Waals surface area contributed by atoms with Gasteiger partial charge in [-0.1, -0.05) is 25.3 Å². The van der Waals surface area contributed by atoms with Gasteiger partial charge in [0.2, 0.25) is 10.0 Å². The summed E-state index contributed by atoms with van der Waals surface area (Å²) in [6.07, 6.45) is 5.31. The van der Waals surface area contributed by atoms with Gasteiger partial charge in [-0.2, -0.15) is 0 Å². The summed E-state index contributed by atoms with van der Waals surface area (Å²) in [6, 6.07) is 7.52. The van der Waals surface area contributed by atoms with E-state index in [1.165, 1.54) is 18.2 Å². The Morgan fingerprint density at radius 3 is 2.67 bits per heavy atom. The summed E-state index contributed by atoms with van der Waals surface area (Å²) in [5, 5.41) is 0. The molecule has 6 heteroatoms. The first kappa shape index (κ1) is 16.6. The van der Waals surface area contributed by atoms with Gasteiger partial charge in [0.25, 0.3) is 0 Å². The molecule has 0 atom stereocenters. The average Bonchev–Trinajstić information content (AvgIpc) is 2.38. The van der Waals surface area contributed by atoms with Crippen LogP contribution in [0.25, 0.3) is 0 Å². The van der Waals surface area contributed by atoms with Crippen molar-refractivity contribution in [3.63, 3.8) is 0 Å². The van der Waals surface area contributed by atoms with Crippen LogP contribution >= 0.6 is 11.8 Å². The highest BCUT2D eigenvalue weighted by Crippen LogP contribution is 2.28. The maximum atomic E-state index is 12.2. The smallest absolute Gasteiger partial charge is 0.212 e. The highest BCUT2D eigenvalue weighted by Gasteiger charge is 2.30. The van der Waals surface area contributed by atoms with Crippen LogP contribution in [0, 0.1) is 0 Å². The summed E-state index contributed by atoms with van der Waals surface area (Å²) in [5.41, 5.74) is 6.17. The van der Waals surface area contributed by atoms with E-state index in [9.17, 15) is 8.42 Å². The van der Waals surface area contributed by atoms with E-state index < -0.39 is 10.0 Å². The number of benzene rings is 1. The first-order valence-corrected chi connectivity index (χ1v) is 10.0. The second-order valence-electron chi connectivity index (χ2n) is 5.96. The molecule has 0 spiro atoms. The molecule has 0 aliphatic heterocycles. The molecule has 3 N–H and O–H groups in total. The largest absolute Gasteiger partial charge is 0.399 e. The minimum atomic E-state index is -3.22. The molecule has 0 amide bonds. The first-order valence-electron chi connectivity index (χ1n) is 7.39. The number of sulfonamides is 1. The Bertz CT molecular complexity index is 567. The Hall–Kier alpha value is -0.720. The van der Waals surface area contributed by atoms with Gasteiger partial charge in [-0.25, -0.2) is 13.1 Å². The van der Waals surface area contributed by atoms with E-state index in [-0.39, 0.29) is 11.3 Å². The van der Waals surface area contributed by atoms with Gasteiger partial charge in [0.1, 0.15) is 0 Å². The molecule has 1 fully saturated rings. The fourth-order valence-corrected chi connectivity index (χ4v) is 5.63. The van der Waals surface area contributed by atoms with Crippen LogP contribution in [0.4, 0.5) is 5.69 Å². The van der Waals surface area contributed by atoms with Crippen molar-refractivity contribution in [2.45, 2.75) is 49.5 Å². The number of thioether (sulfide) groups is 1. The Labute approximate surface area is 131 Å². The van der Waals surface area contributed by atoms with Crippen LogP contribution in [0.15, 0.2) is 29.2 Å². The predicted molar refractivity (Wildman–Crippen MR) is 90.0 cm³/mol. The van der Waals surface area contributed by atoms with Gasteiger partial charge >= 0.3 is 0 Å². The summed E-state index contributed by atoms with van der Waals surface area (Å²) in [7, 11) is -3.22. The molecule has 4 nitrogen and oxygen atoms in total. The third kappa shape index (κ3) is 5.52. The van der Waals surface area contributed by atoms with E-state index in [1.54, 1.807) is 0 Å². The maximum Gasteiger partial charge on any atom is 0.212 e. The Morgan fingerprint density at radius 1 is 1.29 bits per heavy atom. The second kappa shape index (κ2) is 7.03. The van der Waals surface area contributed by atoms with Gasteiger partial charge in [-0.15, -0.1) is 11.8 Å². The highest BCUT2D eigenvalue weighted by molar-refractivity contribution is 8.00. The Balaban J connectivity index is 1.83. The number of nitrogens with one attached hydrogen (secondary N) is 1. The number of rotatable bonds is 6. The Kier molecular flexibility index (Phi) is 5.57. The lowest BCUT2D eigenvalue weighted by Crippen LogP contribution is -2.48. The van der Waals surface area contributed by atoms with Crippen LogP contribution < -0.4 is 10.5 Å². The summed E-state index contributed by atoms with van der Waals surface area (Å²) in [4.78, 5) is 1.01. The summed E-state index contributed by atoms with van der Waals surface area (Å²) in [5.74, 6) is 0.678. The molecule has 118 valence electrons. The van der Waals surface area contributed by atoms with E-state index >= 15 is 0 Å². The zero-order chi connectivity index (χ0) is 15.3. The zero-order valence-corrected chi connectivity index (χ0v) is 14.1. The SMILES string of the molecule is CC1(NS(=O)(=O)CCSc2cccc(N)c2)CCCCC1. The minimum absolute atomic E-state index is 0.141. The lowest BCUT2D eigenvalue weighted by molar-refractivity contribution is 0.294. The van der Waals surface area contributed by atoms with Crippen LogP contribution in [0.1, 0.15) is 39.0 Å². The molecule has 0 aromatic heterocycles. The Morgan fingerprint density at radius 2 is 2.00 bits per heavy atom. The zero-order valence-electron chi connectivity index (χ0n) is 12.5. The minimum Gasteiger partial charge on any atom is -0.399 e. The third-order valence-corrected chi connectivity index (χ3v) is 6.64. The van der Waals surface area contributed by atoms with Gasteiger partial charge < -0.3 is 5.73 Å². The van der Waals surface area contributed by atoms with E-state index in [4.69, 9.17) is 5.73 Å². The molecular formula is C15H24N2O2S2. The molecule has 0 radical (unpaired) electrons. The second-order valence-corrected chi connectivity index (χ2v) is 8.97. The van der Waals surface area contributed by atoms with E-state index in [0.29, 0.717) is 11.4 Å². The van der Waals surface area contributed by atoms with Crippen molar-refractivity contribution in [3.05, 3.63) is 24.3 Å². The fourth-order valence-electron chi connectivity index (χ4n) is 2.73. The molecule has 1 saturated carbocycles. The average molecular weight is 329 g/mol. The number of anilines is 1. The number of nitrogen functional groups attached to an aromatic ring is 1. The number of hydrogen-bond acceptors (Lipinski definition) is 4. The maximum absolute atomic E-state index is 12.2. The van der Waals surface area contributed by atoms with Gasteiger partial charge in [0, 0.05) is 21.9 Å². The van der Waals surface area contributed by atoms with Crippen LogP contribution in [0.2, 0.25) is 0 Å². The first-order chi connectivity index (χ1) is 9.89. The highest BCUT2D eigenvalue weighted by atomic mass is 32.2. The standard InChI is InChI=1S/C15H24N2O2S2/c1-15(8-3-2-4-9-15)17-21(18,19)11-10-20-14-7-5-6-13(16)12-14/h5-7,12,17H,2-4,8-11,16H2,1H3. The molecule has 1 aliphatic carbocycles. The van der Waals surface area contributed by atoms with Crippen molar-refractivity contribution < 1.29 is 8.42 Å². The quantitative estimate of drug-likeness (QED) is 0.622. The van der Waals surface area contributed by atoms with Crippen molar-refractivity contribution in [1.82, 2.24) is 4.72 Å². The molecule has 1 aliphatic rings. The van der Waals surface area contributed by atoms with Crippen LogP contribution in [-0.4, -0.2) is 25.5 Å². The number of nitrogens with two attached hydrogens (primary N) is 1. The topological polar surface area (TPSA) is 72.2 Å². The lowest BCUT2D eigenvalue weighted by atomic mass is 9.84. The van der Waals surface area contributed by atoms with Gasteiger partial charge in [-0.3, -0.25) is 0 Å². The van der Waals surface area contributed by atoms with Gasteiger partial charge in [0.05, 0.1) is 5.75 Å². The molecule has 1 aromatic carbocycles. The predicted octanol–water partition coefficient (Wildman–Crippen LogP) is 3.00. The molecule has 0 heterocycles. The molecule has 1 aromatic rings. The normalized spacial score (nSPS) is 18.5. The van der Waals surface area contributed by atoms with Crippen molar-refractivity contribution in [3.8, 4) is 0 Å². The molecule has 0 bridgehead atoms. The van der Waals surface area contributed by atoms with E-state index in [0.717, 1.165) is 30.6 Å². The molecule has 0 saturated heterocycles. The van der Waals surface area contributed by atoms with Gasteiger partial charge in [-0.05, 0) is 38.0 Å². The van der Waals surface area contributed by atoms with Crippen molar-refractivity contribution in [2.75, 3.05) is 17.2 Å². The number of hydrogen-bond donors (Lipinski definition) is 2. The van der Waals surface area contributed by atoms with Crippen molar-refractivity contribution in [2.24, 2.45) is 0 Å². The van der Waals surface area contributed by atoms with E-state index in [1.807, 2.05) is 31.2 Å². The summed E-state index contributed by atoms with van der Waals surface area (Å²) in [6.45, 7) is 2.02. The van der Waals surface area contributed by atoms with Crippen molar-refractivity contribution in [1.29, 1.82) is 0 Å². The van der Waals surface area contributed by atoms with Crippen LogP contribution in [0.5, 0.6) is 0 Å². The lowest BCUT2D eigenvalue weighted by Gasteiger charge is -2.34.